The first-order chi connectivity index (χ1) is 11.8. The van der Waals surface area contributed by atoms with Crippen LogP contribution in [0.2, 0.25) is 0 Å². The van der Waals surface area contributed by atoms with E-state index < -0.39 is 0 Å². The van der Waals surface area contributed by atoms with Crippen LogP contribution in [0.25, 0.3) is 0 Å². The number of carbonyl (C=O) groups is 1. The molecule has 0 saturated carbocycles. The molecule has 0 aromatic heterocycles. The number of amides is 1. The van der Waals surface area contributed by atoms with Crippen LogP contribution in [0.3, 0.4) is 0 Å². The second-order valence-electron chi connectivity index (χ2n) is 6.44. The average Bonchev–Trinajstić information content (AvgIpc) is 2.61. The van der Waals surface area contributed by atoms with Gasteiger partial charge in [-0.1, -0.05) is 64.7 Å². The number of carbonyl (C=O) groups excluding carboxylic acids is 1. The molecular weight excluding hydrogens is 322 g/mol. The first-order valence-corrected chi connectivity index (χ1v) is 10.8. The van der Waals surface area contributed by atoms with E-state index in [2.05, 4.69) is 6.92 Å². The summed E-state index contributed by atoms with van der Waals surface area (Å²) in [6.45, 7) is 3.97. The Morgan fingerprint density at radius 2 is 1.58 bits per heavy atom. The number of aliphatic hydroxyl groups is 1. The van der Waals surface area contributed by atoms with E-state index in [1.807, 2.05) is 4.90 Å². The monoisotopic (exact) mass is 361 g/mol. The van der Waals surface area contributed by atoms with Gasteiger partial charge in [0.25, 0.3) is 0 Å². The van der Waals surface area contributed by atoms with E-state index >= 15 is 0 Å². The van der Waals surface area contributed by atoms with Crippen molar-refractivity contribution in [3.63, 3.8) is 0 Å². The smallest absolute Gasteiger partial charge is 0.209 e. The van der Waals surface area contributed by atoms with E-state index in [-0.39, 0.29) is 12.7 Å². The van der Waals surface area contributed by atoms with Gasteiger partial charge in [-0.3, -0.25) is 4.79 Å². The summed E-state index contributed by atoms with van der Waals surface area (Å²) in [6, 6.07) is 0. The number of aliphatic hydroxyl groups excluding tert-OH is 1. The Morgan fingerprint density at radius 1 is 1.00 bits per heavy atom. The zero-order valence-corrected chi connectivity index (χ0v) is 16.7. The minimum absolute atomic E-state index is 0.0551. The lowest BCUT2D eigenvalue weighted by molar-refractivity contribution is -0.118. The summed E-state index contributed by atoms with van der Waals surface area (Å²) in [6.07, 6.45) is 14.1. The van der Waals surface area contributed by atoms with Gasteiger partial charge in [-0.15, -0.1) is 0 Å². The van der Waals surface area contributed by atoms with Crippen LogP contribution in [0, 0.1) is 0 Å². The molecule has 0 heterocycles. The molecule has 1 atom stereocenters. The Balaban J connectivity index is 3.41. The Labute approximate surface area is 153 Å². The van der Waals surface area contributed by atoms with Crippen molar-refractivity contribution in [3.8, 4) is 0 Å². The third-order valence-corrected chi connectivity index (χ3v) is 5.39. The molecule has 0 bridgehead atoms. The molecule has 0 radical (unpaired) electrons. The quantitative estimate of drug-likeness (QED) is 0.278. The fraction of sp³-hybridized carbons (Fsp3) is 0.947. The molecule has 24 heavy (non-hydrogen) atoms. The lowest BCUT2D eigenvalue weighted by Crippen LogP contribution is -2.26. The lowest BCUT2D eigenvalue weighted by atomic mass is 10.1. The molecular formula is C19H39NO3S. The van der Waals surface area contributed by atoms with Gasteiger partial charge in [0.05, 0.1) is 12.7 Å². The highest BCUT2D eigenvalue weighted by Crippen LogP contribution is 2.11. The highest BCUT2D eigenvalue weighted by atomic mass is 32.2. The number of methoxy groups -OCH3 is 1. The van der Waals surface area contributed by atoms with Gasteiger partial charge in [-0.2, -0.15) is 11.8 Å². The van der Waals surface area contributed by atoms with E-state index in [1.54, 1.807) is 18.9 Å². The van der Waals surface area contributed by atoms with Crippen LogP contribution >= 0.6 is 11.8 Å². The summed E-state index contributed by atoms with van der Waals surface area (Å²) in [5, 5.41) is 9.03. The molecule has 0 rings (SSSR count). The van der Waals surface area contributed by atoms with Crippen molar-refractivity contribution < 1.29 is 14.6 Å². The van der Waals surface area contributed by atoms with Crippen LogP contribution in [-0.2, 0) is 9.53 Å². The number of ether oxygens (including phenoxy) is 1. The van der Waals surface area contributed by atoms with Crippen molar-refractivity contribution in [1.29, 1.82) is 0 Å². The molecule has 1 amide bonds. The maximum absolute atomic E-state index is 11.1. The molecule has 0 fully saturated rings. The zero-order chi connectivity index (χ0) is 17.9. The van der Waals surface area contributed by atoms with E-state index in [0.29, 0.717) is 0 Å². The molecule has 1 unspecified atom stereocenters. The summed E-state index contributed by atoms with van der Waals surface area (Å²) in [5.74, 6) is 1.67. The van der Waals surface area contributed by atoms with Crippen molar-refractivity contribution in [1.82, 2.24) is 4.90 Å². The fourth-order valence-electron chi connectivity index (χ4n) is 2.61. The largest absolute Gasteiger partial charge is 0.394 e. The normalized spacial score (nSPS) is 12.3. The zero-order valence-electron chi connectivity index (χ0n) is 15.9. The summed E-state index contributed by atoms with van der Waals surface area (Å²) in [5.41, 5.74) is 0. The van der Waals surface area contributed by atoms with E-state index in [9.17, 15) is 4.79 Å². The highest BCUT2D eigenvalue weighted by Gasteiger charge is 2.06. The van der Waals surface area contributed by atoms with Gasteiger partial charge in [0.2, 0.25) is 6.41 Å². The predicted octanol–water partition coefficient (Wildman–Crippen LogP) is 4.11. The van der Waals surface area contributed by atoms with Crippen LogP contribution in [0.4, 0.5) is 0 Å². The molecule has 4 nitrogen and oxygen atoms in total. The highest BCUT2D eigenvalue weighted by molar-refractivity contribution is 7.99. The number of thioether (sulfide) groups is 1. The second-order valence-corrected chi connectivity index (χ2v) is 7.59. The Kier molecular flexibility index (Phi) is 18.9. The summed E-state index contributed by atoms with van der Waals surface area (Å²) in [7, 11) is 1.62. The van der Waals surface area contributed by atoms with Crippen molar-refractivity contribution in [2.45, 2.75) is 77.2 Å². The molecule has 5 heteroatoms. The van der Waals surface area contributed by atoms with Gasteiger partial charge < -0.3 is 14.7 Å². The van der Waals surface area contributed by atoms with Gasteiger partial charge in [0, 0.05) is 31.7 Å². The molecule has 0 aliphatic heterocycles. The Hall–Kier alpha value is -0.260. The first kappa shape index (κ1) is 23.7. The number of hydrogen-bond donors (Lipinski definition) is 1. The lowest BCUT2D eigenvalue weighted by Gasteiger charge is -2.18. The van der Waals surface area contributed by atoms with Gasteiger partial charge in [-0.05, 0) is 6.42 Å². The fourth-order valence-corrected chi connectivity index (χ4v) is 3.65. The SMILES string of the molecule is CCCCCCCCCCCCN(C=O)CCSCC(CO)OC. The maximum atomic E-state index is 11.1. The number of rotatable bonds is 19. The Bertz CT molecular complexity index is 263. The van der Waals surface area contributed by atoms with Crippen molar-refractivity contribution in [2.24, 2.45) is 0 Å². The molecule has 0 aliphatic carbocycles. The van der Waals surface area contributed by atoms with Crippen molar-refractivity contribution in [3.05, 3.63) is 0 Å². The second kappa shape index (κ2) is 19.1. The topological polar surface area (TPSA) is 49.8 Å². The summed E-state index contributed by atoms with van der Waals surface area (Å²) >= 11 is 1.73. The molecule has 0 aliphatic rings. The van der Waals surface area contributed by atoms with Gasteiger partial charge in [-0.25, -0.2) is 0 Å². The third-order valence-electron chi connectivity index (χ3n) is 4.31. The number of nitrogens with zero attached hydrogens (tertiary/aromatic N) is 1. The maximum Gasteiger partial charge on any atom is 0.209 e. The summed E-state index contributed by atoms with van der Waals surface area (Å²) in [4.78, 5) is 13.0. The van der Waals surface area contributed by atoms with E-state index in [4.69, 9.17) is 9.84 Å². The van der Waals surface area contributed by atoms with Crippen molar-refractivity contribution in [2.75, 3.05) is 38.3 Å². The van der Waals surface area contributed by atoms with Crippen molar-refractivity contribution >= 4 is 18.2 Å². The van der Waals surface area contributed by atoms with Crippen LogP contribution in [0.15, 0.2) is 0 Å². The third kappa shape index (κ3) is 15.3. The van der Waals surface area contributed by atoms with E-state index in [0.717, 1.165) is 37.4 Å². The van der Waals surface area contributed by atoms with Gasteiger partial charge in [0.1, 0.15) is 0 Å². The van der Waals surface area contributed by atoms with Gasteiger partial charge in [0.15, 0.2) is 0 Å². The predicted molar refractivity (Wildman–Crippen MR) is 105 cm³/mol. The Morgan fingerprint density at radius 3 is 2.08 bits per heavy atom. The van der Waals surface area contributed by atoms with Crippen LogP contribution in [-0.4, -0.2) is 60.8 Å². The standard InChI is InChI=1S/C19H39NO3S/c1-3-4-5-6-7-8-9-10-11-12-13-20(18-22)14-15-24-17-19(16-21)23-2/h18-19,21H,3-17H2,1-2H3. The molecule has 1 N–H and O–H groups in total. The number of hydrogen-bond acceptors (Lipinski definition) is 4. The minimum Gasteiger partial charge on any atom is -0.394 e. The van der Waals surface area contributed by atoms with E-state index in [1.165, 1.54) is 57.8 Å². The first-order valence-electron chi connectivity index (χ1n) is 9.69. The molecule has 0 aromatic carbocycles. The summed E-state index contributed by atoms with van der Waals surface area (Å²) < 4.78 is 5.12. The van der Waals surface area contributed by atoms with Crippen LogP contribution in [0.1, 0.15) is 71.1 Å². The molecule has 144 valence electrons. The molecule has 0 saturated heterocycles. The number of unbranched alkanes of at least 4 members (excludes halogenated alkanes) is 9. The van der Waals surface area contributed by atoms with Gasteiger partial charge >= 0.3 is 0 Å². The minimum atomic E-state index is -0.0957. The molecule has 0 spiro atoms. The van der Waals surface area contributed by atoms with Crippen LogP contribution < -0.4 is 0 Å². The van der Waals surface area contributed by atoms with Crippen LogP contribution in [0.5, 0.6) is 0 Å². The molecule has 0 aromatic rings. The average molecular weight is 362 g/mol.